The monoisotopic (exact) mass is 280 g/mol. The van der Waals surface area contributed by atoms with Crippen LogP contribution in [0.25, 0.3) is 0 Å². The van der Waals surface area contributed by atoms with Gasteiger partial charge in [0, 0.05) is 5.69 Å². The standard InChI is InChI=1S/C14H20N2O4/c1-3-4-9-20-12-7-5-11(6-8-12)16-14(19)15-10(2)13(17)18/h5-8,10H,3-4,9H2,1-2H3,(H,17,18)(H2,15,16,19). The molecule has 0 saturated heterocycles. The Morgan fingerprint density at radius 1 is 1.30 bits per heavy atom. The van der Waals surface area contributed by atoms with Gasteiger partial charge in [-0.25, -0.2) is 4.79 Å². The molecule has 2 amide bonds. The van der Waals surface area contributed by atoms with E-state index in [1.165, 1.54) is 6.92 Å². The van der Waals surface area contributed by atoms with Gasteiger partial charge in [0.1, 0.15) is 11.8 Å². The number of carboxylic acid groups (broad SMARTS) is 1. The summed E-state index contributed by atoms with van der Waals surface area (Å²) in [7, 11) is 0. The molecule has 0 radical (unpaired) electrons. The van der Waals surface area contributed by atoms with Crippen LogP contribution in [0.4, 0.5) is 10.5 Å². The lowest BCUT2D eigenvalue weighted by Gasteiger charge is -2.11. The second-order valence-corrected chi connectivity index (χ2v) is 4.38. The second-order valence-electron chi connectivity index (χ2n) is 4.38. The first-order chi connectivity index (χ1) is 9.52. The van der Waals surface area contributed by atoms with Crippen LogP contribution in [-0.4, -0.2) is 29.8 Å². The molecule has 0 bridgehead atoms. The number of benzene rings is 1. The van der Waals surface area contributed by atoms with Crippen molar-refractivity contribution in [2.24, 2.45) is 0 Å². The number of carboxylic acids is 1. The number of nitrogens with one attached hydrogen (secondary N) is 2. The van der Waals surface area contributed by atoms with E-state index in [1.54, 1.807) is 24.3 Å². The number of anilines is 1. The summed E-state index contributed by atoms with van der Waals surface area (Å²) in [5.41, 5.74) is 0.572. The molecule has 0 spiro atoms. The van der Waals surface area contributed by atoms with Gasteiger partial charge in [-0.15, -0.1) is 0 Å². The third kappa shape index (κ3) is 5.60. The molecular weight excluding hydrogens is 260 g/mol. The van der Waals surface area contributed by atoms with Crippen LogP contribution in [-0.2, 0) is 4.79 Å². The Balaban J connectivity index is 2.44. The van der Waals surface area contributed by atoms with E-state index < -0.39 is 18.0 Å². The summed E-state index contributed by atoms with van der Waals surface area (Å²) in [4.78, 5) is 22.1. The number of urea groups is 1. The third-order valence-electron chi connectivity index (χ3n) is 2.60. The number of amides is 2. The third-order valence-corrected chi connectivity index (χ3v) is 2.60. The molecule has 1 unspecified atom stereocenters. The fraction of sp³-hybridized carbons (Fsp3) is 0.429. The zero-order valence-corrected chi connectivity index (χ0v) is 11.7. The van der Waals surface area contributed by atoms with Crippen LogP contribution < -0.4 is 15.4 Å². The molecule has 20 heavy (non-hydrogen) atoms. The predicted molar refractivity (Wildman–Crippen MR) is 76.1 cm³/mol. The summed E-state index contributed by atoms with van der Waals surface area (Å²) in [5, 5.41) is 13.5. The van der Waals surface area contributed by atoms with Gasteiger partial charge < -0.3 is 20.5 Å². The molecule has 1 aromatic carbocycles. The Labute approximate surface area is 118 Å². The molecule has 0 aliphatic heterocycles. The predicted octanol–water partition coefficient (Wildman–Crippen LogP) is 2.46. The zero-order chi connectivity index (χ0) is 15.0. The highest BCUT2D eigenvalue weighted by Crippen LogP contribution is 2.15. The van der Waals surface area contributed by atoms with E-state index in [-0.39, 0.29) is 0 Å². The van der Waals surface area contributed by atoms with Crippen molar-refractivity contribution in [2.45, 2.75) is 32.7 Å². The SMILES string of the molecule is CCCCOc1ccc(NC(=O)NC(C)C(=O)O)cc1. The Kier molecular flexibility index (Phi) is 6.36. The molecule has 0 fully saturated rings. The molecule has 0 saturated carbocycles. The van der Waals surface area contributed by atoms with Gasteiger partial charge in [-0.3, -0.25) is 4.79 Å². The largest absolute Gasteiger partial charge is 0.494 e. The van der Waals surface area contributed by atoms with Gasteiger partial charge in [0.2, 0.25) is 0 Å². The first-order valence-corrected chi connectivity index (χ1v) is 6.56. The van der Waals surface area contributed by atoms with Crippen LogP contribution in [0.2, 0.25) is 0 Å². The van der Waals surface area contributed by atoms with Gasteiger partial charge in [0.15, 0.2) is 0 Å². The molecule has 1 atom stereocenters. The maximum absolute atomic E-state index is 11.5. The fourth-order valence-electron chi connectivity index (χ4n) is 1.39. The van der Waals surface area contributed by atoms with Crippen molar-refractivity contribution in [1.82, 2.24) is 5.32 Å². The van der Waals surface area contributed by atoms with Gasteiger partial charge in [-0.2, -0.15) is 0 Å². The molecule has 6 heteroatoms. The van der Waals surface area contributed by atoms with Crippen LogP contribution >= 0.6 is 0 Å². The van der Waals surface area contributed by atoms with E-state index >= 15 is 0 Å². The maximum atomic E-state index is 11.5. The van der Waals surface area contributed by atoms with E-state index in [0.717, 1.165) is 18.6 Å². The number of aliphatic carboxylic acids is 1. The maximum Gasteiger partial charge on any atom is 0.325 e. The molecule has 1 rings (SSSR count). The van der Waals surface area contributed by atoms with Gasteiger partial charge in [0.05, 0.1) is 6.61 Å². The minimum Gasteiger partial charge on any atom is -0.494 e. The average molecular weight is 280 g/mol. The summed E-state index contributed by atoms with van der Waals surface area (Å²) < 4.78 is 5.50. The number of hydrogen-bond acceptors (Lipinski definition) is 3. The Morgan fingerprint density at radius 3 is 2.50 bits per heavy atom. The van der Waals surface area contributed by atoms with E-state index in [2.05, 4.69) is 17.6 Å². The average Bonchev–Trinajstić information content (AvgIpc) is 2.40. The van der Waals surface area contributed by atoms with Crippen molar-refractivity contribution in [2.75, 3.05) is 11.9 Å². The topological polar surface area (TPSA) is 87.7 Å². The lowest BCUT2D eigenvalue weighted by molar-refractivity contribution is -0.138. The minimum atomic E-state index is -1.08. The molecule has 6 nitrogen and oxygen atoms in total. The van der Waals surface area contributed by atoms with Gasteiger partial charge in [-0.05, 0) is 37.6 Å². The fourth-order valence-corrected chi connectivity index (χ4v) is 1.39. The molecule has 0 aliphatic rings. The lowest BCUT2D eigenvalue weighted by atomic mass is 10.3. The van der Waals surface area contributed by atoms with E-state index in [4.69, 9.17) is 9.84 Å². The highest BCUT2D eigenvalue weighted by Gasteiger charge is 2.13. The summed E-state index contributed by atoms with van der Waals surface area (Å²) in [6, 6.07) is 5.42. The Hall–Kier alpha value is -2.24. The molecule has 0 heterocycles. The highest BCUT2D eigenvalue weighted by atomic mass is 16.5. The number of unbranched alkanes of at least 4 members (excludes halogenated alkanes) is 1. The van der Waals surface area contributed by atoms with Crippen molar-refractivity contribution < 1.29 is 19.4 Å². The Bertz CT molecular complexity index is 445. The minimum absolute atomic E-state index is 0.556. The molecule has 0 aliphatic carbocycles. The van der Waals surface area contributed by atoms with Crippen molar-refractivity contribution >= 4 is 17.7 Å². The molecule has 110 valence electrons. The van der Waals surface area contributed by atoms with Gasteiger partial charge >= 0.3 is 12.0 Å². The first kappa shape index (κ1) is 15.8. The number of carbonyl (C=O) groups excluding carboxylic acids is 1. The van der Waals surface area contributed by atoms with Crippen LogP contribution in [0.1, 0.15) is 26.7 Å². The van der Waals surface area contributed by atoms with Crippen LogP contribution in [0, 0.1) is 0 Å². The summed E-state index contributed by atoms with van der Waals surface area (Å²) in [5.74, 6) is -0.344. The first-order valence-electron chi connectivity index (χ1n) is 6.56. The number of hydrogen-bond donors (Lipinski definition) is 3. The zero-order valence-electron chi connectivity index (χ0n) is 11.7. The van der Waals surface area contributed by atoms with Crippen LogP contribution in [0.15, 0.2) is 24.3 Å². The number of carbonyl (C=O) groups is 2. The van der Waals surface area contributed by atoms with E-state index in [9.17, 15) is 9.59 Å². The van der Waals surface area contributed by atoms with Gasteiger partial charge in [0.25, 0.3) is 0 Å². The van der Waals surface area contributed by atoms with Crippen LogP contribution in [0.3, 0.4) is 0 Å². The molecular formula is C14H20N2O4. The van der Waals surface area contributed by atoms with Crippen molar-refractivity contribution in [3.63, 3.8) is 0 Å². The lowest BCUT2D eigenvalue weighted by Crippen LogP contribution is -2.40. The normalized spacial score (nSPS) is 11.5. The van der Waals surface area contributed by atoms with E-state index in [0.29, 0.717) is 12.3 Å². The number of rotatable bonds is 7. The van der Waals surface area contributed by atoms with Crippen LogP contribution in [0.5, 0.6) is 5.75 Å². The van der Waals surface area contributed by atoms with Crippen molar-refractivity contribution in [3.8, 4) is 5.75 Å². The molecule has 0 aromatic heterocycles. The van der Waals surface area contributed by atoms with Crippen molar-refractivity contribution in [3.05, 3.63) is 24.3 Å². The quantitative estimate of drug-likeness (QED) is 0.669. The number of ether oxygens (including phenoxy) is 1. The molecule has 1 aromatic rings. The summed E-state index contributed by atoms with van der Waals surface area (Å²) >= 11 is 0. The highest BCUT2D eigenvalue weighted by molar-refractivity contribution is 5.92. The van der Waals surface area contributed by atoms with E-state index in [1.807, 2.05) is 0 Å². The second kappa shape index (κ2) is 8.04. The van der Waals surface area contributed by atoms with Gasteiger partial charge in [-0.1, -0.05) is 13.3 Å². The molecule has 3 N–H and O–H groups in total. The summed E-state index contributed by atoms with van der Waals surface area (Å²) in [6.07, 6.45) is 2.07. The Morgan fingerprint density at radius 2 is 1.95 bits per heavy atom. The smallest absolute Gasteiger partial charge is 0.325 e. The summed E-state index contributed by atoms with van der Waals surface area (Å²) in [6.45, 7) is 4.15. The van der Waals surface area contributed by atoms with Crippen molar-refractivity contribution in [1.29, 1.82) is 0 Å².